The van der Waals surface area contributed by atoms with Crippen LogP contribution in [0.1, 0.15) is 24.0 Å². The maximum atomic E-state index is 12.3. The van der Waals surface area contributed by atoms with Crippen LogP contribution in [-0.4, -0.2) is 26.7 Å². The summed E-state index contributed by atoms with van der Waals surface area (Å²) >= 11 is 0. The summed E-state index contributed by atoms with van der Waals surface area (Å²) in [6, 6.07) is 20.0. The van der Waals surface area contributed by atoms with Gasteiger partial charge in [0.15, 0.2) is 0 Å². The van der Waals surface area contributed by atoms with E-state index in [0.29, 0.717) is 12.3 Å². The van der Waals surface area contributed by atoms with Crippen LogP contribution in [0.5, 0.6) is 11.5 Å². The number of methoxy groups -OCH3 is 1. The van der Waals surface area contributed by atoms with Crippen molar-refractivity contribution < 1.29 is 18.3 Å². The first-order valence-electron chi connectivity index (χ1n) is 9.87. The van der Waals surface area contributed by atoms with E-state index in [-0.39, 0.29) is 5.41 Å². The summed E-state index contributed by atoms with van der Waals surface area (Å²) in [7, 11) is 1.69. The number of nitrogens with one attached hydrogen (secondary N) is 1. The molecule has 0 aromatic heterocycles. The highest BCUT2D eigenvalue weighted by molar-refractivity contribution is 5.88. The van der Waals surface area contributed by atoms with E-state index in [2.05, 4.69) is 35.6 Å². The molecule has 0 spiro atoms. The van der Waals surface area contributed by atoms with Gasteiger partial charge in [-0.2, -0.15) is 0 Å². The van der Waals surface area contributed by atoms with Crippen molar-refractivity contribution in [3.8, 4) is 11.5 Å². The fourth-order valence-electron chi connectivity index (χ4n) is 3.88. The van der Waals surface area contributed by atoms with Crippen LogP contribution in [-0.2, 0) is 12.0 Å². The Morgan fingerprint density at radius 1 is 1.00 bits per heavy atom. The molecule has 152 valence electrons. The second-order valence-corrected chi connectivity index (χ2v) is 7.63. The SMILES string of the molecule is COc1ccc2cccc(C3(CNCc4cccc(OCC(F)F)c4)CC3)c2c1. The Morgan fingerprint density at radius 3 is 2.59 bits per heavy atom. The maximum absolute atomic E-state index is 12.3. The Bertz CT molecular complexity index is 986. The van der Waals surface area contributed by atoms with Gasteiger partial charge in [-0.05, 0) is 59.0 Å². The molecule has 4 rings (SSSR count). The van der Waals surface area contributed by atoms with E-state index >= 15 is 0 Å². The van der Waals surface area contributed by atoms with E-state index in [4.69, 9.17) is 9.47 Å². The van der Waals surface area contributed by atoms with Gasteiger partial charge in [0, 0.05) is 18.5 Å². The van der Waals surface area contributed by atoms with Gasteiger partial charge in [0.1, 0.15) is 18.1 Å². The molecule has 3 nitrogen and oxygen atoms in total. The number of ether oxygens (including phenoxy) is 2. The minimum absolute atomic E-state index is 0.135. The monoisotopic (exact) mass is 397 g/mol. The normalized spacial score (nSPS) is 14.9. The first-order chi connectivity index (χ1) is 14.1. The average Bonchev–Trinajstić information content (AvgIpc) is 3.52. The summed E-state index contributed by atoms with van der Waals surface area (Å²) in [5.74, 6) is 1.35. The fraction of sp³-hybridized carbons (Fsp3) is 0.333. The van der Waals surface area contributed by atoms with Gasteiger partial charge in [-0.15, -0.1) is 0 Å². The minimum atomic E-state index is -2.47. The lowest BCUT2D eigenvalue weighted by atomic mass is 9.90. The second-order valence-electron chi connectivity index (χ2n) is 7.63. The van der Waals surface area contributed by atoms with E-state index in [1.165, 1.54) is 16.3 Å². The van der Waals surface area contributed by atoms with Crippen molar-refractivity contribution in [1.29, 1.82) is 0 Å². The number of rotatable bonds is 9. The number of halogens is 2. The van der Waals surface area contributed by atoms with E-state index in [0.717, 1.165) is 30.7 Å². The smallest absolute Gasteiger partial charge is 0.272 e. The van der Waals surface area contributed by atoms with Crippen molar-refractivity contribution in [2.75, 3.05) is 20.3 Å². The van der Waals surface area contributed by atoms with Gasteiger partial charge in [0.2, 0.25) is 0 Å². The molecule has 0 heterocycles. The zero-order valence-corrected chi connectivity index (χ0v) is 16.5. The van der Waals surface area contributed by atoms with Gasteiger partial charge in [0.05, 0.1) is 7.11 Å². The standard InChI is InChI=1S/C24H25F2NO2/c1-28-19-9-8-18-5-3-7-22(21(18)13-19)24(10-11-24)16-27-14-17-4-2-6-20(12-17)29-15-23(25)26/h2-9,12-13,23,27H,10-11,14-16H2,1H3. The quantitative estimate of drug-likeness (QED) is 0.531. The van der Waals surface area contributed by atoms with Gasteiger partial charge >= 0.3 is 0 Å². The molecule has 0 aliphatic heterocycles. The molecule has 1 N–H and O–H groups in total. The largest absolute Gasteiger partial charge is 0.497 e. The van der Waals surface area contributed by atoms with Gasteiger partial charge in [-0.1, -0.05) is 36.4 Å². The zero-order chi connectivity index (χ0) is 20.3. The van der Waals surface area contributed by atoms with E-state index < -0.39 is 13.0 Å². The number of alkyl halides is 2. The molecule has 3 aromatic rings. The molecule has 29 heavy (non-hydrogen) atoms. The molecule has 1 fully saturated rings. The Kier molecular flexibility index (Phi) is 5.67. The molecule has 0 amide bonds. The third kappa shape index (κ3) is 4.51. The fourth-order valence-corrected chi connectivity index (χ4v) is 3.88. The highest BCUT2D eigenvalue weighted by atomic mass is 19.3. The van der Waals surface area contributed by atoms with Gasteiger partial charge in [-0.3, -0.25) is 0 Å². The summed E-state index contributed by atoms with van der Waals surface area (Å²) in [4.78, 5) is 0. The first-order valence-corrected chi connectivity index (χ1v) is 9.87. The third-order valence-corrected chi connectivity index (χ3v) is 5.58. The van der Waals surface area contributed by atoms with Crippen molar-refractivity contribution in [2.24, 2.45) is 0 Å². The summed E-state index contributed by atoms with van der Waals surface area (Å²) < 4.78 is 35.2. The number of hydrogen-bond acceptors (Lipinski definition) is 3. The van der Waals surface area contributed by atoms with Crippen LogP contribution in [0.3, 0.4) is 0 Å². The molecule has 3 aromatic carbocycles. The third-order valence-electron chi connectivity index (χ3n) is 5.58. The summed E-state index contributed by atoms with van der Waals surface area (Å²) in [6.45, 7) is 0.956. The zero-order valence-electron chi connectivity index (χ0n) is 16.5. The topological polar surface area (TPSA) is 30.5 Å². The molecule has 1 aliphatic carbocycles. The van der Waals surface area contributed by atoms with E-state index in [1.807, 2.05) is 24.3 Å². The number of benzene rings is 3. The second kappa shape index (κ2) is 8.37. The summed E-state index contributed by atoms with van der Waals surface area (Å²) in [5.41, 5.74) is 2.51. The minimum Gasteiger partial charge on any atom is -0.497 e. The molecular formula is C24H25F2NO2. The highest BCUT2D eigenvalue weighted by Gasteiger charge is 2.44. The van der Waals surface area contributed by atoms with Crippen molar-refractivity contribution in [2.45, 2.75) is 31.2 Å². The van der Waals surface area contributed by atoms with Crippen molar-refractivity contribution in [3.63, 3.8) is 0 Å². The van der Waals surface area contributed by atoms with Crippen LogP contribution in [0, 0.1) is 0 Å². The van der Waals surface area contributed by atoms with Crippen LogP contribution in [0.15, 0.2) is 60.7 Å². The van der Waals surface area contributed by atoms with Gasteiger partial charge in [-0.25, -0.2) is 8.78 Å². The maximum Gasteiger partial charge on any atom is 0.272 e. The summed E-state index contributed by atoms with van der Waals surface area (Å²) in [6.07, 6.45) is -0.173. The molecule has 0 unspecified atom stereocenters. The average molecular weight is 397 g/mol. The predicted octanol–water partition coefficient (Wildman–Crippen LogP) is 5.31. The molecule has 1 saturated carbocycles. The lowest BCUT2D eigenvalue weighted by molar-refractivity contribution is 0.0818. The summed E-state index contributed by atoms with van der Waals surface area (Å²) in [5, 5.41) is 6.02. The van der Waals surface area contributed by atoms with Crippen LogP contribution in [0.2, 0.25) is 0 Å². The van der Waals surface area contributed by atoms with E-state index in [9.17, 15) is 8.78 Å². The Morgan fingerprint density at radius 2 is 1.83 bits per heavy atom. The van der Waals surface area contributed by atoms with Crippen LogP contribution >= 0.6 is 0 Å². The van der Waals surface area contributed by atoms with Crippen LogP contribution < -0.4 is 14.8 Å². The van der Waals surface area contributed by atoms with Crippen molar-refractivity contribution in [1.82, 2.24) is 5.32 Å². The lowest BCUT2D eigenvalue weighted by Crippen LogP contribution is -2.26. The molecule has 5 heteroatoms. The molecular weight excluding hydrogens is 372 g/mol. The van der Waals surface area contributed by atoms with Gasteiger partial charge in [0.25, 0.3) is 6.43 Å². The molecule has 0 radical (unpaired) electrons. The highest BCUT2D eigenvalue weighted by Crippen LogP contribution is 2.50. The van der Waals surface area contributed by atoms with Crippen molar-refractivity contribution >= 4 is 10.8 Å². The Balaban J connectivity index is 1.44. The van der Waals surface area contributed by atoms with Crippen molar-refractivity contribution in [3.05, 3.63) is 71.8 Å². The number of hydrogen-bond donors (Lipinski definition) is 1. The Labute approximate surface area is 169 Å². The molecule has 1 aliphatic rings. The lowest BCUT2D eigenvalue weighted by Gasteiger charge is -2.19. The van der Waals surface area contributed by atoms with Crippen LogP contribution in [0.25, 0.3) is 10.8 Å². The van der Waals surface area contributed by atoms with E-state index in [1.54, 1.807) is 13.2 Å². The predicted molar refractivity (Wildman–Crippen MR) is 111 cm³/mol. The molecule has 0 atom stereocenters. The first kappa shape index (κ1) is 19.6. The van der Waals surface area contributed by atoms with Gasteiger partial charge < -0.3 is 14.8 Å². The molecule has 0 bridgehead atoms. The van der Waals surface area contributed by atoms with Crippen LogP contribution in [0.4, 0.5) is 8.78 Å². The number of fused-ring (bicyclic) bond motifs is 1. The Hall–Kier alpha value is -2.66. The molecule has 0 saturated heterocycles.